The van der Waals surface area contributed by atoms with Crippen molar-refractivity contribution < 1.29 is 0 Å². The van der Waals surface area contributed by atoms with Crippen LogP contribution in [-0.2, 0) is 0 Å². The zero-order valence-electron chi connectivity index (χ0n) is 13.7. The number of nitroso groups, excluding NO2 is 1. The lowest BCUT2D eigenvalue weighted by atomic mass is 9.95. The van der Waals surface area contributed by atoms with Crippen LogP contribution >= 0.6 is 11.8 Å². The minimum Gasteiger partial charge on any atom is -0.316 e. The van der Waals surface area contributed by atoms with Gasteiger partial charge in [-0.05, 0) is 63.1 Å². The number of rotatable bonds is 15. The fourth-order valence-corrected chi connectivity index (χ4v) is 2.86. The molecule has 0 saturated carbocycles. The van der Waals surface area contributed by atoms with E-state index in [0.29, 0.717) is 5.92 Å². The maximum absolute atomic E-state index is 10.8. The van der Waals surface area contributed by atoms with Crippen LogP contribution in [0.3, 0.4) is 0 Å². The second kappa shape index (κ2) is 15.3. The Hall–Kier alpha value is -0.0900. The van der Waals surface area contributed by atoms with E-state index in [9.17, 15) is 4.91 Å². The van der Waals surface area contributed by atoms with Crippen LogP contribution in [0.1, 0.15) is 65.2 Å². The highest BCUT2D eigenvalue weighted by molar-refractivity contribution is 7.98. The molecule has 0 aliphatic rings. The van der Waals surface area contributed by atoms with E-state index in [1.165, 1.54) is 25.0 Å². The van der Waals surface area contributed by atoms with Crippen molar-refractivity contribution in [3.05, 3.63) is 4.91 Å². The van der Waals surface area contributed by atoms with Gasteiger partial charge in [-0.1, -0.05) is 38.3 Å². The predicted molar refractivity (Wildman–Crippen MR) is 92.6 cm³/mol. The summed E-state index contributed by atoms with van der Waals surface area (Å²) >= 11 is 1.92. The lowest BCUT2D eigenvalue weighted by molar-refractivity contribution is 0.392. The lowest BCUT2D eigenvalue weighted by Gasteiger charge is -2.17. The first kappa shape index (κ1) is 19.9. The standard InChI is InChI=1S/C16H34N2OS/c1-4-6-9-16(18-19)11-10-15(5-2)14-17-12-7-8-13-20-3/h15-17H,4-14H2,1-3H3. The monoisotopic (exact) mass is 302 g/mol. The van der Waals surface area contributed by atoms with Gasteiger partial charge in [-0.15, -0.1) is 0 Å². The third-order valence-electron chi connectivity index (χ3n) is 3.91. The van der Waals surface area contributed by atoms with E-state index in [1.54, 1.807) is 0 Å². The largest absolute Gasteiger partial charge is 0.316 e. The molecule has 0 spiro atoms. The van der Waals surface area contributed by atoms with Crippen molar-refractivity contribution in [2.45, 2.75) is 71.3 Å². The van der Waals surface area contributed by atoms with Crippen molar-refractivity contribution in [1.82, 2.24) is 5.32 Å². The molecule has 0 fully saturated rings. The maximum atomic E-state index is 10.8. The third-order valence-corrected chi connectivity index (χ3v) is 4.61. The summed E-state index contributed by atoms with van der Waals surface area (Å²) in [6, 6.07) is 0.0468. The maximum Gasteiger partial charge on any atom is 0.0919 e. The highest BCUT2D eigenvalue weighted by Gasteiger charge is 2.12. The molecule has 0 aliphatic carbocycles. The minimum atomic E-state index is 0.0468. The average molecular weight is 303 g/mol. The van der Waals surface area contributed by atoms with E-state index in [4.69, 9.17) is 0 Å². The van der Waals surface area contributed by atoms with Crippen LogP contribution in [0.2, 0.25) is 0 Å². The molecule has 20 heavy (non-hydrogen) atoms. The molecule has 0 aromatic rings. The Morgan fingerprint density at radius 2 is 1.90 bits per heavy atom. The van der Waals surface area contributed by atoms with E-state index in [2.05, 4.69) is 30.6 Å². The zero-order chi connectivity index (χ0) is 15.1. The Morgan fingerprint density at radius 1 is 1.10 bits per heavy atom. The molecule has 0 radical (unpaired) electrons. The van der Waals surface area contributed by atoms with Gasteiger partial charge in [-0.25, -0.2) is 0 Å². The van der Waals surface area contributed by atoms with Crippen LogP contribution in [0.4, 0.5) is 0 Å². The van der Waals surface area contributed by atoms with E-state index < -0.39 is 0 Å². The van der Waals surface area contributed by atoms with Crippen molar-refractivity contribution in [3.8, 4) is 0 Å². The first-order chi connectivity index (χ1) is 9.78. The number of nitrogens with one attached hydrogen (secondary N) is 1. The first-order valence-corrected chi connectivity index (χ1v) is 9.69. The van der Waals surface area contributed by atoms with Crippen molar-refractivity contribution in [2.24, 2.45) is 11.1 Å². The van der Waals surface area contributed by atoms with Crippen molar-refractivity contribution in [2.75, 3.05) is 25.1 Å². The molecule has 0 amide bonds. The predicted octanol–water partition coefficient (Wildman–Crippen LogP) is 4.85. The molecule has 0 aromatic carbocycles. The molecule has 0 bridgehead atoms. The molecule has 0 heterocycles. The Bertz CT molecular complexity index is 215. The normalized spacial score (nSPS) is 14.2. The number of hydrogen-bond donors (Lipinski definition) is 1. The fraction of sp³-hybridized carbons (Fsp3) is 1.00. The summed E-state index contributed by atoms with van der Waals surface area (Å²) in [6.07, 6.45) is 11.3. The van der Waals surface area contributed by atoms with Gasteiger partial charge in [0.2, 0.25) is 0 Å². The second-order valence-corrected chi connectivity index (χ2v) is 6.64. The molecule has 4 heteroatoms. The molecule has 3 nitrogen and oxygen atoms in total. The fourth-order valence-electron chi connectivity index (χ4n) is 2.37. The van der Waals surface area contributed by atoms with Crippen molar-refractivity contribution in [3.63, 3.8) is 0 Å². The van der Waals surface area contributed by atoms with Gasteiger partial charge in [-0.3, -0.25) is 0 Å². The summed E-state index contributed by atoms with van der Waals surface area (Å²) in [6.45, 7) is 6.63. The molecule has 0 rings (SSSR count). The van der Waals surface area contributed by atoms with Crippen LogP contribution in [0, 0.1) is 10.8 Å². The topological polar surface area (TPSA) is 41.5 Å². The van der Waals surface area contributed by atoms with E-state index in [1.807, 2.05) is 11.8 Å². The second-order valence-electron chi connectivity index (χ2n) is 5.66. The summed E-state index contributed by atoms with van der Waals surface area (Å²) in [7, 11) is 0. The zero-order valence-corrected chi connectivity index (χ0v) is 14.5. The molecule has 120 valence electrons. The number of unbranched alkanes of at least 4 members (excludes halogenated alkanes) is 2. The first-order valence-electron chi connectivity index (χ1n) is 8.30. The van der Waals surface area contributed by atoms with Crippen LogP contribution in [0.15, 0.2) is 5.18 Å². The van der Waals surface area contributed by atoms with E-state index >= 15 is 0 Å². The molecule has 1 N–H and O–H groups in total. The highest BCUT2D eigenvalue weighted by Crippen LogP contribution is 2.17. The summed E-state index contributed by atoms with van der Waals surface area (Å²) in [5.41, 5.74) is 0. The molecule has 0 aliphatic heterocycles. The summed E-state index contributed by atoms with van der Waals surface area (Å²) in [5, 5.41) is 6.85. The molecular formula is C16H34N2OS. The Labute approximate surface area is 130 Å². The Balaban J connectivity index is 3.66. The van der Waals surface area contributed by atoms with Crippen molar-refractivity contribution >= 4 is 11.8 Å². The highest BCUT2D eigenvalue weighted by atomic mass is 32.2. The Morgan fingerprint density at radius 3 is 2.50 bits per heavy atom. The van der Waals surface area contributed by atoms with Gasteiger partial charge in [0.15, 0.2) is 0 Å². The van der Waals surface area contributed by atoms with Crippen molar-refractivity contribution in [1.29, 1.82) is 0 Å². The summed E-state index contributed by atoms with van der Waals surface area (Å²) in [5.74, 6) is 1.96. The number of hydrogen-bond acceptors (Lipinski definition) is 4. The van der Waals surface area contributed by atoms with Gasteiger partial charge in [0, 0.05) is 0 Å². The molecule has 2 unspecified atom stereocenters. The average Bonchev–Trinajstić information content (AvgIpc) is 2.48. The quantitative estimate of drug-likeness (QED) is 0.347. The van der Waals surface area contributed by atoms with Crippen LogP contribution < -0.4 is 5.32 Å². The van der Waals surface area contributed by atoms with Crippen LogP contribution in [0.25, 0.3) is 0 Å². The van der Waals surface area contributed by atoms with E-state index in [-0.39, 0.29) is 6.04 Å². The third kappa shape index (κ3) is 11.7. The van der Waals surface area contributed by atoms with Gasteiger partial charge in [0.1, 0.15) is 0 Å². The van der Waals surface area contributed by atoms with E-state index in [0.717, 1.165) is 45.2 Å². The number of nitrogens with zero attached hydrogens (tertiary/aromatic N) is 1. The minimum absolute atomic E-state index is 0.0468. The van der Waals surface area contributed by atoms with Gasteiger partial charge in [-0.2, -0.15) is 16.7 Å². The Kier molecular flexibility index (Phi) is 15.2. The summed E-state index contributed by atoms with van der Waals surface area (Å²) < 4.78 is 0. The van der Waals surface area contributed by atoms with Gasteiger partial charge in [0.25, 0.3) is 0 Å². The SMILES string of the molecule is CCCCC(CCC(CC)CNCCCCSC)N=O. The van der Waals surface area contributed by atoms with Crippen LogP contribution in [-0.4, -0.2) is 31.1 Å². The summed E-state index contributed by atoms with van der Waals surface area (Å²) in [4.78, 5) is 10.8. The van der Waals surface area contributed by atoms with Crippen LogP contribution in [0.5, 0.6) is 0 Å². The molecule has 0 saturated heterocycles. The van der Waals surface area contributed by atoms with Gasteiger partial charge < -0.3 is 5.32 Å². The molecule has 0 aromatic heterocycles. The smallest absolute Gasteiger partial charge is 0.0919 e. The number of thioether (sulfide) groups is 1. The molecule has 2 atom stereocenters. The van der Waals surface area contributed by atoms with Gasteiger partial charge in [0.05, 0.1) is 6.04 Å². The van der Waals surface area contributed by atoms with Gasteiger partial charge >= 0.3 is 0 Å². The molecular weight excluding hydrogens is 268 g/mol. The lowest BCUT2D eigenvalue weighted by Crippen LogP contribution is -2.24.